The first-order valence-electron chi connectivity index (χ1n) is 7.25. The zero-order valence-corrected chi connectivity index (χ0v) is 12.4. The molecule has 0 aliphatic carbocycles. The number of hydrogen-bond donors (Lipinski definition) is 1. The highest BCUT2D eigenvalue weighted by molar-refractivity contribution is 5.50. The molecule has 1 saturated heterocycles. The summed E-state index contributed by atoms with van der Waals surface area (Å²) < 4.78 is 5.56. The fraction of sp³-hybridized carbons (Fsp3) is 0.625. The lowest BCUT2D eigenvalue weighted by Crippen LogP contribution is -2.45. The van der Waals surface area contributed by atoms with Crippen molar-refractivity contribution in [2.45, 2.75) is 26.4 Å². The van der Waals surface area contributed by atoms with Gasteiger partial charge in [-0.2, -0.15) is 0 Å². The predicted molar refractivity (Wildman–Crippen MR) is 80.7 cm³/mol. The highest BCUT2D eigenvalue weighted by Crippen LogP contribution is 2.19. The van der Waals surface area contributed by atoms with Crippen LogP contribution in [0.15, 0.2) is 24.3 Å². The molecule has 0 amide bonds. The number of anilines is 1. The molecule has 1 N–H and O–H groups in total. The molecule has 3 heteroatoms. The number of aryl methyl sites for hydroxylation is 1. The van der Waals surface area contributed by atoms with Crippen molar-refractivity contribution in [3.8, 4) is 0 Å². The summed E-state index contributed by atoms with van der Waals surface area (Å²) >= 11 is 0. The fourth-order valence-corrected chi connectivity index (χ4v) is 2.73. The van der Waals surface area contributed by atoms with E-state index in [0.717, 1.165) is 19.6 Å². The predicted octanol–water partition coefficient (Wildman–Crippen LogP) is 2.76. The van der Waals surface area contributed by atoms with Gasteiger partial charge in [-0.15, -0.1) is 0 Å². The number of ether oxygens (including phenoxy) is 1. The zero-order chi connectivity index (χ0) is 13.7. The van der Waals surface area contributed by atoms with Crippen LogP contribution in [0.2, 0.25) is 0 Å². The highest BCUT2D eigenvalue weighted by Gasteiger charge is 2.25. The van der Waals surface area contributed by atoms with Gasteiger partial charge in [-0.1, -0.05) is 25.1 Å². The van der Waals surface area contributed by atoms with Gasteiger partial charge >= 0.3 is 0 Å². The third-order valence-electron chi connectivity index (χ3n) is 4.16. The second-order valence-corrected chi connectivity index (χ2v) is 5.58. The van der Waals surface area contributed by atoms with Crippen LogP contribution in [0, 0.1) is 12.8 Å². The number of para-hydroxylation sites is 1. The van der Waals surface area contributed by atoms with Gasteiger partial charge in [0.05, 0.1) is 6.10 Å². The topological polar surface area (TPSA) is 24.5 Å². The minimum absolute atomic E-state index is 0.396. The molecule has 1 aliphatic heterocycles. The Hall–Kier alpha value is -1.06. The third-order valence-corrected chi connectivity index (χ3v) is 4.16. The van der Waals surface area contributed by atoms with E-state index in [4.69, 9.17) is 4.74 Å². The van der Waals surface area contributed by atoms with Crippen LogP contribution >= 0.6 is 0 Å². The second kappa shape index (κ2) is 6.92. The lowest BCUT2D eigenvalue weighted by molar-refractivity contribution is -0.00357. The lowest BCUT2D eigenvalue weighted by Gasteiger charge is -2.36. The molecule has 0 saturated carbocycles. The van der Waals surface area contributed by atoms with Gasteiger partial charge in [-0.25, -0.2) is 0 Å². The van der Waals surface area contributed by atoms with Crippen LogP contribution in [0.25, 0.3) is 0 Å². The molecule has 0 spiro atoms. The number of piperidine rings is 1. The van der Waals surface area contributed by atoms with Crippen LogP contribution in [-0.4, -0.2) is 44.3 Å². The molecular formula is C16H26N2O. The Morgan fingerprint density at radius 2 is 2.16 bits per heavy atom. The standard InChI is InChI=1S/C16H26N2O/c1-13-6-4-5-7-15(13)17-9-11-18-10-8-14(2)16(12-18)19-3/h4-7,14,16-17H,8-12H2,1-3H3. The van der Waals surface area contributed by atoms with Gasteiger partial charge in [0.1, 0.15) is 0 Å². The molecule has 0 radical (unpaired) electrons. The van der Waals surface area contributed by atoms with Crippen LogP contribution in [-0.2, 0) is 4.74 Å². The first-order chi connectivity index (χ1) is 9.20. The maximum atomic E-state index is 5.56. The van der Waals surface area contributed by atoms with E-state index < -0.39 is 0 Å². The lowest BCUT2D eigenvalue weighted by atomic mass is 9.96. The molecule has 19 heavy (non-hydrogen) atoms. The monoisotopic (exact) mass is 262 g/mol. The van der Waals surface area contributed by atoms with Crippen LogP contribution in [0.3, 0.4) is 0 Å². The summed E-state index contributed by atoms with van der Waals surface area (Å²) in [5.74, 6) is 0.686. The molecule has 0 bridgehead atoms. The van der Waals surface area contributed by atoms with Crippen molar-refractivity contribution in [3.05, 3.63) is 29.8 Å². The molecular weight excluding hydrogens is 236 g/mol. The molecule has 1 aromatic rings. The van der Waals surface area contributed by atoms with Gasteiger partial charge in [-0.05, 0) is 37.4 Å². The van der Waals surface area contributed by atoms with E-state index in [1.165, 1.54) is 24.2 Å². The Labute approximate surface area is 116 Å². The molecule has 106 valence electrons. The molecule has 2 rings (SSSR count). The first-order valence-corrected chi connectivity index (χ1v) is 7.25. The van der Waals surface area contributed by atoms with Crippen molar-refractivity contribution in [3.63, 3.8) is 0 Å². The summed E-state index contributed by atoms with van der Waals surface area (Å²) in [5, 5.41) is 3.52. The van der Waals surface area contributed by atoms with Gasteiger partial charge in [0.15, 0.2) is 0 Å². The van der Waals surface area contributed by atoms with E-state index in [2.05, 4.69) is 48.3 Å². The quantitative estimate of drug-likeness (QED) is 0.883. The number of nitrogens with zero attached hydrogens (tertiary/aromatic N) is 1. The van der Waals surface area contributed by atoms with Gasteiger partial charge in [0.25, 0.3) is 0 Å². The largest absolute Gasteiger partial charge is 0.384 e. The van der Waals surface area contributed by atoms with Crippen molar-refractivity contribution in [2.24, 2.45) is 5.92 Å². The van der Waals surface area contributed by atoms with Crippen LogP contribution in [0.5, 0.6) is 0 Å². The normalized spacial score (nSPS) is 24.4. The van der Waals surface area contributed by atoms with Crippen LogP contribution < -0.4 is 5.32 Å². The molecule has 1 heterocycles. The number of nitrogens with one attached hydrogen (secondary N) is 1. The number of benzene rings is 1. The smallest absolute Gasteiger partial charge is 0.0724 e. The van der Waals surface area contributed by atoms with Crippen molar-refractivity contribution < 1.29 is 4.74 Å². The van der Waals surface area contributed by atoms with E-state index in [1.807, 2.05) is 7.11 Å². The first kappa shape index (κ1) is 14.4. The minimum atomic E-state index is 0.396. The summed E-state index contributed by atoms with van der Waals surface area (Å²) in [5.41, 5.74) is 2.56. The maximum Gasteiger partial charge on any atom is 0.0724 e. The summed E-state index contributed by atoms with van der Waals surface area (Å²) in [6, 6.07) is 8.45. The maximum absolute atomic E-state index is 5.56. The van der Waals surface area contributed by atoms with Gasteiger partial charge < -0.3 is 10.1 Å². The van der Waals surface area contributed by atoms with E-state index in [-0.39, 0.29) is 0 Å². The Morgan fingerprint density at radius 1 is 1.37 bits per heavy atom. The number of likely N-dealkylation sites (tertiary alicyclic amines) is 1. The molecule has 3 nitrogen and oxygen atoms in total. The Balaban J connectivity index is 1.76. The summed E-state index contributed by atoms with van der Waals surface area (Å²) in [4.78, 5) is 2.50. The number of rotatable bonds is 5. The number of hydrogen-bond acceptors (Lipinski definition) is 3. The molecule has 1 fully saturated rings. The fourth-order valence-electron chi connectivity index (χ4n) is 2.73. The van der Waals surface area contributed by atoms with Crippen molar-refractivity contribution >= 4 is 5.69 Å². The van der Waals surface area contributed by atoms with Gasteiger partial charge in [-0.3, -0.25) is 4.90 Å². The van der Waals surface area contributed by atoms with Crippen molar-refractivity contribution in [2.75, 3.05) is 38.6 Å². The van der Waals surface area contributed by atoms with Crippen molar-refractivity contribution in [1.82, 2.24) is 4.90 Å². The summed E-state index contributed by atoms with van der Waals surface area (Å²) in [6.07, 6.45) is 1.63. The zero-order valence-electron chi connectivity index (χ0n) is 12.4. The molecule has 0 aromatic heterocycles. The highest BCUT2D eigenvalue weighted by atomic mass is 16.5. The van der Waals surface area contributed by atoms with Crippen LogP contribution in [0.1, 0.15) is 18.9 Å². The SMILES string of the molecule is COC1CN(CCNc2ccccc2C)CCC1C. The average Bonchev–Trinajstić information content (AvgIpc) is 2.43. The van der Waals surface area contributed by atoms with Crippen LogP contribution in [0.4, 0.5) is 5.69 Å². The van der Waals surface area contributed by atoms with E-state index in [0.29, 0.717) is 12.0 Å². The van der Waals surface area contributed by atoms with Gasteiger partial charge in [0, 0.05) is 32.4 Å². The average molecular weight is 262 g/mol. The Bertz CT molecular complexity index is 394. The Morgan fingerprint density at radius 3 is 2.89 bits per heavy atom. The summed E-state index contributed by atoms with van der Waals surface area (Å²) in [7, 11) is 1.83. The third kappa shape index (κ3) is 3.95. The molecule has 1 aliphatic rings. The van der Waals surface area contributed by atoms with E-state index in [1.54, 1.807) is 0 Å². The minimum Gasteiger partial charge on any atom is -0.384 e. The van der Waals surface area contributed by atoms with Crippen molar-refractivity contribution in [1.29, 1.82) is 0 Å². The molecule has 2 unspecified atom stereocenters. The molecule has 2 atom stereocenters. The summed E-state index contributed by atoms with van der Waals surface area (Å²) in [6.45, 7) is 8.77. The van der Waals surface area contributed by atoms with E-state index in [9.17, 15) is 0 Å². The Kier molecular flexibility index (Phi) is 5.23. The number of methoxy groups -OCH3 is 1. The second-order valence-electron chi connectivity index (χ2n) is 5.58. The molecule has 1 aromatic carbocycles. The van der Waals surface area contributed by atoms with E-state index >= 15 is 0 Å². The van der Waals surface area contributed by atoms with Gasteiger partial charge in [0.2, 0.25) is 0 Å².